The van der Waals surface area contributed by atoms with Crippen molar-refractivity contribution in [1.29, 1.82) is 0 Å². The second kappa shape index (κ2) is 5.87. The normalized spacial score (nSPS) is 11.5. The molecule has 0 radical (unpaired) electrons. The Morgan fingerprint density at radius 3 is 2.39 bits per heavy atom. The van der Waals surface area contributed by atoms with Crippen molar-refractivity contribution in [2.24, 2.45) is 11.6 Å². The first kappa shape index (κ1) is 13.8. The summed E-state index contributed by atoms with van der Waals surface area (Å²) in [5.41, 5.74) is 7.36. The van der Waals surface area contributed by atoms with Crippen LogP contribution < -0.4 is 26.5 Å². The van der Waals surface area contributed by atoms with Gasteiger partial charge in [-0.2, -0.15) is 0 Å². The summed E-state index contributed by atoms with van der Waals surface area (Å²) in [5, 5.41) is 0. The molecule has 1 aromatic carbocycles. The minimum Gasteiger partial charge on any atom is -0.497 e. The third kappa shape index (κ3) is 3.36. The van der Waals surface area contributed by atoms with Gasteiger partial charge < -0.3 is 15.2 Å². The fraction of sp³-hybridized carbons (Fsp3) is 0.273. The molecule has 0 fully saturated rings. The Hall–Kier alpha value is -2.28. The Balaban J connectivity index is 2.98. The van der Waals surface area contributed by atoms with Gasteiger partial charge in [0.15, 0.2) is 6.10 Å². The third-order valence-corrected chi connectivity index (χ3v) is 2.22. The number of rotatable bonds is 5. The smallest absolute Gasteiger partial charge is 0.274 e. The zero-order chi connectivity index (χ0) is 13.7. The van der Waals surface area contributed by atoms with Crippen LogP contribution in [0.5, 0.6) is 11.5 Å². The fourth-order valence-corrected chi connectivity index (χ4v) is 1.27. The van der Waals surface area contributed by atoms with Gasteiger partial charge in [-0.15, -0.1) is 0 Å². The molecule has 1 rings (SSSR count). The number of methoxy groups -OCH3 is 1. The molecule has 98 valence electrons. The van der Waals surface area contributed by atoms with E-state index in [4.69, 9.17) is 21.1 Å². The summed E-state index contributed by atoms with van der Waals surface area (Å²) in [6.45, 7) is 1.52. The Kier molecular flexibility index (Phi) is 4.50. The first-order valence-corrected chi connectivity index (χ1v) is 5.14. The van der Waals surface area contributed by atoms with E-state index in [0.717, 1.165) is 0 Å². The van der Waals surface area contributed by atoms with Crippen LogP contribution in [-0.4, -0.2) is 25.0 Å². The number of nitrogens with one attached hydrogen (secondary N) is 1. The molecule has 7 nitrogen and oxygen atoms in total. The summed E-state index contributed by atoms with van der Waals surface area (Å²) < 4.78 is 10.3. The van der Waals surface area contributed by atoms with Gasteiger partial charge in [-0.3, -0.25) is 15.0 Å². The number of hydrazine groups is 1. The van der Waals surface area contributed by atoms with E-state index in [1.54, 1.807) is 0 Å². The molecular formula is C11H15N3O4. The molecule has 0 spiro atoms. The molecule has 0 aromatic heterocycles. The van der Waals surface area contributed by atoms with E-state index in [1.807, 2.05) is 5.43 Å². The van der Waals surface area contributed by atoms with Gasteiger partial charge in [0.25, 0.3) is 5.91 Å². The lowest BCUT2D eigenvalue weighted by Crippen LogP contribution is -2.40. The largest absolute Gasteiger partial charge is 0.497 e. The monoisotopic (exact) mass is 253 g/mol. The molecule has 1 unspecified atom stereocenters. The number of nitrogens with two attached hydrogens (primary N) is 2. The number of hydrogen-bond acceptors (Lipinski definition) is 5. The molecule has 5 N–H and O–H groups in total. The summed E-state index contributed by atoms with van der Waals surface area (Å²) in [5.74, 6) is 4.57. The van der Waals surface area contributed by atoms with Crippen LogP contribution in [0.2, 0.25) is 0 Å². The average molecular weight is 253 g/mol. The van der Waals surface area contributed by atoms with Crippen LogP contribution in [0.25, 0.3) is 0 Å². The summed E-state index contributed by atoms with van der Waals surface area (Å²) in [4.78, 5) is 22.3. The van der Waals surface area contributed by atoms with E-state index in [2.05, 4.69) is 0 Å². The van der Waals surface area contributed by atoms with Gasteiger partial charge in [0, 0.05) is 11.6 Å². The Bertz CT molecular complexity index is 462. The van der Waals surface area contributed by atoms with E-state index in [0.29, 0.717) is 11.5 Å². The van der Waals surface area contributed by atoms with Gasteiger partial charge in [-0.05, 0) is 19.1 Å². The fourth-order valence-electron chi connectivity index (χ4n) is 1.27. The van der Waals surface area contributed by atoms with Crippen LogP contribution in [-0.2, 0) is 4.79 Å². The SMILES string of the molecule is COc1cc(OC(C)C(=O)NN)cc(C(N)=O)c1. The van der Waals surface area contributed by atoms with Crippen molar-refractivity contribution in [3.63, 3.8) is 0 Å². The lowest BCUT2D eigenvalue weighted by atomic mass is 10.2. The molecule has 0 heterocycles. The summed E-state index contributed by atoms with van der Waals surface area (Å²) >= 11 is 0. The molecule has 2 amide bonds. The number of ether oxygens (including phenoxy) is 2. The second-order valence-corrected chi connectivity index (χ2v) is 3.53. The van der Waals surface area contributed by atoms with Crippen molar-refractivity contribution in [1.82, 2.24) is 5.43 Å². The van der Waals surface area contributed by atoms with Gasteiger partial charge >= 0.3 is 0 Å². The van der Waals surface area contributed by atoms with E-state index in [1.165, 1.54) is 32.2 Å². The quantitative estimate of drug-likeness (QED) is 0.373. The van der Waals surface area contributed by atoms with Crippen LogP contribution >= 0.6 is 0 Å². The van der Waals surface area contributed by atoms with E-state index < -0.39 is 17.9 Å². The highest BCUT2D eigenvalue weighted by Crippen LogP contribution is 2.23. The summed E-state index contributed by atoms with van der Waals surface area (Å²) in [6.07, 6.45) is -0.803. The highest BCUT2D eigenvalue weighted by atomic mass is 16.5. The van der Waals surface area contributed by atoms with Crippen LogP contribution in [0.4, 0.5) is 0 Å². The maximum Gasteiger partial charge on any atom is 0.274 e. The van der Waals surface area contributed by atoms with Crippen LogP contribution in [0.1, 0.15) is 17.3 Å². The number of benzene rings is 1. The molecule has 18 heavy (non-hydrogen) atoms. The van der Waals surface area contributed by atoms with E-state index in [9.17, 15) is 9.59 Å². The number of primary amides is 1. The van der Waals surface area contributed by atoms with Crippen molar-refractivity contribution in [2.75, 3.05) is 7.11 Å². The molecule has 1 aromatic rings. The zero-order valence-electron chi connectivity index (χ0n) is 10.1. The first-order valence-electron chi connectivity index (χ1n) is 5.14. The maximum atomic E-state index is 11.2. The predicted molar refractivity (Wildman–Crippen MR) is 63.9 cm³/mol. The van der Waals surface area contributed by atoms with Crippen LogP contribution in [0.15, 0.2) is 18.2 Å². The summed E-state index contributed by atoms with van der Waals surface area (Å²) in [6, 6.07) is 4.43. The number of carbonyl (C=O) groups is 2. The van der Waals surface area contributed by atoms with Crippen molar-refractivity contribution in [3.05, 3.63) is 23.8 Å². The molecule has 1 atom stereocenters. The van der Waals surface area contributed by atoms with Gasteiger partial charge in [0.2, 0.25) is 5.91 Å². The number of carbonyl (C=O) groups excluding carboxylic acids is 2. The molecule has 0 aliphatic carbocycles. The highest BCUT2D eigenvalue weighted by Gasteiger charge is 2.15. The van der Waals surface area contributed by atoms with Crippen molar-refractivity contribution >= 4 is 11.8 Å². The van der Waals surface area contributed by atoms with Crippen molar-refractivity contribution in [3.8, 4) is 11.5 Å². The van der Waals surface area contributed by atoms with E-state index >= 15 is 0 Å². The standard InChI is InChI=1S/C11H15N3O4/c1-6(11(16)14-13)18-9-4-7(10(12)15)3-8(5-9)17-2/h3-6H,13H2,1-2H3,(H2,12,15)(H,14,16). The van der Waals surface area contributed by atoms with Crippen molar-refractivity contribution in [2.45, 2.75) is 13.0 Å². The third-order valence-electron chi connectivity index (χ3n) is 2.22. The summed E-state index contributed by atoms with van der Waals surface area (Å²) in [7, 11) is 1.44. The number of amides is 2. The molecule has 0 aliphatic heterocycles. The van der Waals surface area contributed by atoms with Gasteiger partial charge in [0.05, 0.1) is 7.11 Å². The molecule has 0 aliphatic rings. The first-order chi connectivity index (χ1) is 8.47. The van der Waals surface area contributed by atoms with Gasteiger partial charge in [-0.25, -0.2) is 5.84 Å². The topological polar surface area (TPSA) is 117 Å². The molecule has 7 heteroatoms. The lowest BCUT2D eigenvalue weighted by Gasteiger charge is -2.14. The minimum atomic E-state index is -0.803. The Morgan fingerprint density at radius 2 is 1.89 bits per heavy atom. The van der Waals surface area contributed by atoms with Gasteiger partial charge in [-0.1, -0.05) is 0 Å². The maximum absolute atomic E-state index is 11.2. The van der Waals surface area contributed by atoms with Crippen LogP contribution in [0, 0.1) is 0 Å². The molecule has 0 bridgehead atoms. The molecular weight excluding hydrogens is 238 g/mol. The van der Waals surface area contributed by atoms with Crippen LogP contribution in [0.3, 0.4) is 0 Å². The zero-order valence-corrected chi connectivity index (χ0v) is 10.1. The Labute approximate surface area is 104 Å². The average Bonchev–Trinajstić information content (AvgIpc) is 2.36. The highest BCUT2D eigenvalue weighted by molar-refractivity contribution is 5.93. The lowest BCUT2D eigenvalue weighted by molar-refractivity contribution is -0.127. The molecule has 0 saturated carbocycles. The minimum absolute atomic E-state index is 0.227. The van der Waals surface area contributed by atoms with Gasteiger partial charge in [0.1, 0.15) is 11.5 Å². The Morgan fingerprint density at radius 1 is 1.28 bits per heavy atom. The predicted octanol–water partition coefficient (Wildman–Crippen LogP) is -0.449. The van der Waals surface area contributed by atoms with Crippen molar-refractivity contribution < 1.29 is 19.1 Å². The number of hydrogen-bond donors (Lipinski definition) is 3. The molecule has 0 saturated heterocycles. The second-order valence-electron chi connectivity index (χ2n) is 3.53. The van der Waals surface area contributed by atoms with E-state index in [-0.39, 0.29) is 5.56 Å².